The SMILES string of the molecule is C=C/C(C)=C(/Nc1ccccc1CC(=C)OCC1COC(C)(C)O1)C(=C)C. The summed E-state index contributed by atoms with van der Waals surface area (Å²) in [5.74, 6) is 0.152. The molecule has 1 aliphatic rings. The average Bonchev–Trinajstić information content (AvgIpc) is 2.97. The number of benzene rings is 1. The van der Waals surface area contributed by atoms with Crippen molar-refractivity contribution in [2.24, 2.45) is 0 Å². The highest BCUT2D eigenvalue weighted by Gasteiger charge is 2.33. The van der Waals surface area contributed by atoms with Gasteiger partial charge in [0.05, 0.1) is 12.4 Å². The predicted octanol–water partition coefficient (Wildman–Crippen LogP) is 5.36. The molecule has 1 unspecified atom stereocenters. The molecule has 4 heteroatoms. The maximum absolute atomic E-state index is 5.83. The molecule has 1 aliphatic heterocycles. The predicted molar refractivity (Wildman–Crippen MR) is 111 cm³/mol. The number of allylic oxidation sites excluding steroid dienone is 4. The molecule has 0 aromatic heterocycles. The number of anilines is 1. The minimum atomic E-state index is -0.541. The van der Waals surface area contributed by atoms with Crippen LogP contribution in [0.15, 0.2) is 72.7 Å². The Bertz CT molecular complexity index is 746. The van der Waals surface area contributed by atoms with Gasteiger partial charge in [0, 0.05) is 17.8 Å². The summed E-state index contributed by atoms with van der Waals surface area (Å²) in [6.07, 6.45) is 2.36. The number of nitrogens with one attached hydrogen (secondary N) is 1. The van der Waals surface area contributed by atoms with Crippen molar-refractivity contribution in [1.82, 2.24) is 0 Å². The number of hydrogen-bond donors (Lipinski definition) is 1. The molecule has 1 fully saturated rings. The van der Waals surface area contributed by atoms with Crippen molar-refractivity contribution >= 4 is 5.69 Å². The Labute approximate surface area is 163 Å². The zero-order chi connectivity index (χ0) is 20.0. The van der Waals surface area contributed by atoms with E-state index in [4.69, 9.17) is 14.2 Å². The molecular weight excluding hydrogens is 338 g/mol. The lowest BCUT2D eigenvalue weighted by molar-refractivity contribution is -0.143. The van der Waals surface area contributed by atoms with Crippen LogP contribution >= 0.6 is 0 Å². The van der Waals surface area contributed by atoms with Crippen LogP contribution in [0, 0.1) is 0 Å². The van der Waals surface area contributed by atoms with Crippen LogP contribution in [0.4, 0.5) is 5.69 Å². The van der Waals surface area contributed by atoms with Gasteiger partial charge in [0.2, 0.25) is 0 Å². The van der Waals surface area contributed by atoms with Crippen molar-refractivity contribution < 1.29 is 14.2 Å². The number of para-hydroxylation sites is 1. The van der Waals surface area contributed by atoms with Gasteiger partial charge in [-0.3, -0.25) is 0 Å². The lowest BCUT2D eigenvalue weighted by atomic mass is 10.1. The van der Waals surface area contributed by atoms with Crippen molar-refractivity contribution in [2.75, 3.05) is 18.5 Å². The zero-order valence-electron chi connectivity index (χ0n) is 16.9. The fourth-order valence-corrected chi connectivity index (χ4v) is 2.89. The summed E-state index contributed by atoms with van der Waals surface area (Å²) < 4.78 is 17.1. The largest absolute Gasteiger partial charge is 0.495 e. The fourth-order valence-electron chi connectivity index (χ4n) is 2.89. The van der Waals surface area contributed by atoms with E-state index in [1.807, 2.05) is 52.0 Å². The molecule has 0 aliphatic carbocycles. The van der Waals surface area contributed by atoms with Gasteiger partial charge in [0.25, 0.3) is 0 Å². The molecule has 146 valence electrons. The summed E-state index contributed by atoms with van der Waals surface area (Å²) in [5, 5.41) is 3.48. The van der Waals surface area contributed by atoms with Crippen LogP contribution < -0.4 is 5.32 Å². The van der Waals surface area contributed by atoms with Gasteiger partial charge >= 0.3 is 0 Å². The molecule has 1 saturated heterocycles. The van der Waals surface area contributed by atoms with Crippen LogP contribution in [0.3, 0.4) is 0 Å². The molecule has 1 aromatic rings. The minimum Gasteiger partial charge on any atom is -0.495 e. The molecule has 1 N–H and O–H groups in total. The minimum absolute atomic E-state index is 0.0710. The quantitative estimate of drug-likeness (QED) is 0.470. The summed E-state index contributed by atoms with van der Waals surface area (Å²) in [6.45, 7) is 20.7. The molecule has 4 nitrogen and oxygen atoms in total. The Morgan fingerprint density at radius 1 is 1.30 bits per heavy atom. The van der Waals surface area contributed by atoms with Gasteiger partial charge in [0.15, 0.2) is 5.79 Å². The number of hydrogen-bond acceptors (Lipinski definition) is 4. The van der Waals surface area contributed by atoms with Gasteiger partial charge in [-0.15, -0.1) is 0 Å². The van der Waals surface area contributed by atoms with E-state index >= 15 is 0 Å². The van der Waals surface area contributed by atoms with E-state index in [-0.39, 0.29) is 6.10 Å². The molecule has 0 amide bonds. The Morgan fingerprint density at radius 2 is 2.00 bits per heavy atom. The second kappa shape index (κ2) is 9.07. The normalized spacial score (nSPS) is 19.2. The van der Waals surface area contributed by atoms with Gasteiger partial charge in [-0.1, -0.05) is 44.0 Å². The van der Waals surface area contributed by atoms with E-state index in [1.54, 1.807) is 0 Å². The van der Waals surface area contributed by atoms with Crippen molar-refractivity contribution in [3.63, 3.8) is 0 Å². The smallest absolute Gasteiger partial charge is 0.163 e. The second-order valence-corrected chi connectivity index (χ2v) is 7.30. The highest BCUT2D eigenvalue weighted by atomic mass is 16.7. The Balaban J connectivity index is 2.02. The van der Waals surface area contributed by atoms with E-state index in [0.29, 0.717) is 25.4 Å². The van der Waals surface area contributed by atoms with Crippen molar-refractivity contribution in [3.8, 4) is 0 Å². The molecule has 1 atom stereocenters. The van der Waals surface area contributed by atoms with Crippen molar-refractivity contribution in [2.45, 2.75) is 46.0 Å². The van der Waals surface area contributed by atoms with E-state index in [9.17, 15) is 0 Å². The summed E-state index contributed by atoms with van der Waals surface area (Å²) in [6, 6.07) is 8.11. The molecule has 1 heterocycles. The molecule has 27 heavy (non-hydrogen) atoms. The highest BCUT2D eigenvalue weighted by molar-refractivity contribution is 5.60. The first-order chi connectivity index (χ1) is 12.7. The Kier molecular flexibility index (Phi) is 7.05. The lowest BCUT2D eigenvalue weighted by Crippen LogP contribution is -2.24. The van der Waals surface area contributed by atoms with E-state index in [1.165, 1.54) is 0 Å². The molecule has 2 rings (SSSR count). The second-order valence-electron chi connectivity index (χ2n) is 7.30. The van der Waals surface area contributed by atoms with Gasteiger partial charge in [-0.25, -0.2) is 0 Å². The highest BCUT2D eigenvalue weighted by Crippen LogP contribution is 2.25. The Hall–Kier alpha value is -2.30. The van der Waals surface area contributed by atoms with Crippen LogP contribution in [-0.4, -0.2) is 25.1 Å². The van der Waals surface area contributed by atoms with E-state index in [2.05, 4.69) is 31.1 Å². The summed E-state index contributed by atoms with van der Waals surface area (Å²) in [5.41, 5.74) is 5.08. The molecule has 0 saturated carbocycles. The third kappa shape index (κ3) is 6.12. The average molecular weight is 370 g/mol. The molecule has 0 radical (unpaired) electrons. The van der Waals surface area contributed by atoms with Crippen molar-refractivity contribution in [1.29, 1.82) is 0 Å². The third-order valence-electron chi connectivity index (χ3n) is 4.33. The molecule has 1 aromatic carbocycles. The van der Waals surface area contributed by atoms with Crippen LogP contribution in [0.5, 0.6) is 0 Å². The van der Waals surface area contributed by atoms with E-state index < -0.39 is 5.79 Å². The van der Waals surface area contributed by atoms with Crippen LogP contribution in [0.25, 0.3) is 0 Å². The standard InChI is InChI=1S/C23H31NO3/c1-8-17(4)22(16(2)3)24-21-12-10-9-11-19(21)13-18(5)25-14-20-15-26-23(6,7)27-20/h8-12,20,24H,1-2,5,13-15H2,3-4,6-7H3/b22-17+. The van der Waals surface area contributed by atoms with Crippen molar-refractivity contribution in [3.05, 3.63) is 78.2 Å². The molecule has 0 bridgehead atoms. The van der Waals surface area contributed by atoms with Gasteiger partial charge < -0.3 is 19.5 Å². The summed E-state index contributed by atoms with van der Waals surface area (Å²) in [7, 11) is 0. The first-order valence-electron chi connectivity index (χ1n) is 9.18. The summed E-state index contributed by atoms with van der Waals surface area (Å²) in [4.78, 5) is 0. The Morgan fingerprint density at radius 3 is 2.59 bits per heavy atom. The monoisotopic (exact) mass is 369 g/mol. The first-order valence-corrected chi connectivity index (χ1v) is 9.18. The maximum Gasteiger partial charge on any atom is 0.163 e. The first kappa shape index (κ1) is 21.0. The third-order valence-corrected chi connectivity index (χ3v) is 4.33. The molecule has 0 spiro atoms. The zero-order valence-corrected chi connectivity index (χ0v) is 16.9. The van der Waals surface area contributed by atoms with Crippen LogP contribution in [0.2, 0.25) is 0 Å². The number of rotatable bonds is 9. The summed E-state index contributed by atoms with van der Waals surface area (Å²) >= 11 is 0. The fraction of sp³-hybridized carbons (Fsp3) is 0.391. The van der Waals surface area contributed by atoms with Crippen LogP contribution in [-0.2, 0) is 20.6 Å². The molecular formula is C23H31NO3. The van der Waals surface area contributed by atoms with Crippen LogP contribution in [0.1, 0.15) is 33.3 Å². The van der Waals surface area contributed by atoms with E-state index in [0.717, 1.165) is 28.1 Å². The topological polar surface area (TPSA) is 39.7 Å². The maximum atomic E-state index is 5.83. The number of ether oxygens (including phenoxy) is 3. The van der Waals surface area contributed by atoms with Gasteiger partial charge in [0.1, 0.15) is 12.7 Å². The van der Waals surface area contributed by atoms with Gasteiger partial charge in [-0.05, 0) is 50.5 Å². The lowest BCUT2D eigenvalue weighted by Gasteiger charge is -2.19. The van der Waals surface area contributed by atoms with Gasteiger partial charge in [-0.2, -0.15) is 0 Å².